The Morgan fingerprint density at radius 2 is 2.00 bits per heavy atom. The van der Waals surface area contributed by atoms with E-state index in [1.807, 2.05) is 7.11 Å². The van der Waals surface area contributed by atoms with Crippen LogP contribution in [0, 0.1) is 11.8 Å². The van der Waals surface area contributed by atoms with E-state index < -0.39 is 0 Å². The predicted molar refractivity (Wildman–Crippen MR) is 71.2 cm³/mol. The molecule has 0 aromatic carbocycles. The Balaban J connectivity index is 1.67. The molecule has 2 rings (SSSR count). The molecule has 1 N–H and O–H groups in total. The summed E-state index contributed by atoms with van der Waals surface area (Å²) in [5.41, 5.74) is 0. The third kappa shape index (κ3) is 4.23. The molecule has 3 heteroatoms. The Labute approximate surface area is 106 Å². The molecule has 2 unspecified atom stereocenters. The highest BCUT2D eigenvalue weighted by Gasteiger charge is 2.24. The minimum atomic E-state index is 0.734. The summed E-state index contributed by atoms with van der Waals surface area (Å²) in [5, 5.41) is 3.67. The van der Waals surface area contributed by atoms with Crippen molar-refractivity contribution >= 4 is 0 Å². The molecule has 2 fully saturated rings. The Hall–Kier alpha value is -0.120. The first kappa shape index (κ1) is 13.3. The number of rotatable bonds is 4. The SMILES string of the molecule is COCC1CCN(CC2CC(C)CCN2)CC1. The van der Waals surface area contributed by atoms with Gasteiger partial charge in [0.2, 0.25) is 0 Å². The number of hydrogen-bond donors (Lipinski definition) is 1. The van der Waals surface area contributed by atoms with E-state index in [1.165, 1.54) is 51.9 Å². The lowest BCUT2D eigenvalue weighted by atomic mass is 9.92. The van der Waals surface area contributed by atoms with Crippen LogP contribution in [-0.4, -0.2) is 50.8 Å². The van der Waals surface area contributed by atoms with Gasteiger partial charge in [-0.05, 0) is 57.2 Å². The molecule has 0 radical (unpaired) electrons. The lowest BCUT2D eigenvalue weighted by Crippen LogP contribution is -2.47. The second kappa shape index (κ2) is 6.72. The monoisotopic (exact) mass is 240 g/mol. The summed E-state index contributed by atoms with van der Waals surface area (Å²) in [4.78, 5) is 2.64. The van der Waals surface area contributed by atoms with Crippen LogP contribution in [0.2, 0.25) is 0 Å². The quantitative estimate of drug-likeness (QED) is 0.810. The van der Waals surface area contributed by atoms with Gasteiger partial charge in [-0.25, -0.2) is 0 Å². The Kier molecular flexibility index (Phi) is 5.26. The number of hydrogen-bond acceptors (Lipinski definition) is 3. The second-order valence-electron chi connectivity index (χ2n) is 5.98. The Morgan fingerprint density at radius 3 is 2.65 bits per heavy atom. The number of nitrogens with zero attached hydrogens (tertiary/aromatic N) is 1. The molecule has 2 atom stereocenters. The van der Waals surface area contributed by atoms with Gasteiger partial charge < -0.3 is 15.0 Å². The number of piperidine rings is 2. The summed E-state index contributed by atoms with van der Waals surface area (Å²) in [7, 11) is 1.82. The van der Waals surface area contributed by atoms with Crippen molar-refractivity contribution < 1.29 is 4.74 Å². The Bertz CT molecular complexity index is 214. The van der Waals surface area contributed by atoms with Gasteiger partial charge in [-0.2, -0.15) is 0 Å². The van der Waals surface area contributed by atoms with Crippen LogP contribution >= 0.6 is 0 Å². The number of nitrogens with one attached hydrogen (secondary N) is 1. The normalized spacial score (nSPS) is 32.8. The lowest BCUT2D eigenvalue weighted by Gasteiger charge is -2.36. The van der Waals surface area contributed by atoms with Crippen molar-refractivity contribution in [3.8, 4) is 0 Å². The maximum Gasteiger partial charge on any atom is 0.0491 e. The smallest absolute Gasteiger partial charge is 0.0491 e. The van der Waals surface area contributed by atoms with E-state index in [2.05, 4.69) is 17.1 Å². The topological polar surface area (TPSA) is 24.5 Å². The molecule has 2 aliphatic heterocycles. The van der Waals surface area contributed by atoms with Gasteiger partial charge in [0.15, 0.2) is 0 Å². The minimum absolute atomic E-state index is 0.734. The van der Waals surface area contributed by atoms with Crippen molar-refractivity contribution in [3.63, 3.8) is 0 Å². The molecule has 2 saturated heterocycles. The summed E-state index contributed by atoms with van der Waals surface area (Å²) in [6, 6.07) is 0.734. The molecular formula is C14H28N2O. The van der Waals surface area contributed by atoms with Crippen molar-refractivity contribution in [2.75, 3.05) is 39.9 Å². The first-order valence-electron chi connectivity index (χ1n) is 7.22. The molecule has 2 heterocycles. The van der Waals surface area contributed by atoms with E-state index in [4.69, 9.17) is 4.74 Å². The van der Waals surface area contributed by atoms with Gasteiger partial charge in [-0.1, -0.05) is 6.92 Å². The molecule has 2 aliphatic rings. The molecule has 0 saturated carbocycles. The van der Waals surface area contributed by atoms with E-state index in [-0.39, 0.29) is 0 Å². The van der Waals surface area contributed by atoms with Crippen LogP contribution in [0.1, 0.15) is 32.6 Å². The van der Waals surface area contributed by atoms with Crippen LogP contribution in [0.5, 0.6) is 0 Å². The zero-order valence-electron chi connectivity index (χ0n) is 11.5. The van der Waals surface area contributed by atoms with E-state index >= 15 is 0 Å². The van der Waals surface area contributed by atoms with Crippen molar-refractivity contribution in [2.24, 2.45) is 11.8 Å². The third-order valence-corrected chi connectivity index (χ3v) is 4.35. The summed E-state index contributed by atoms with van der Waals surface area (Å²) in [6.45, 7) is 8.34. The number of ether oxygens (including phenoxy) is 1. The van der Waals surface area contributed by atoms with Crippen LogP contribution in [0.25, 0.3) is 0 Å². The molecular weight excluding hydrogens is 212 g/mol. The molecule has 100 valence electrons. The van der Waals surface area contributed by atoms with E-state index in [1.54, 1.807) is 0 Å². The molecule has 0 spiro atoms. The van der Waals surface area contributed by atoms with Crippen molar-refractivity contribution in [2.45, 2.75) is 38.6 Å². The van der Waals surface area contributed by atoms with Crippen LogP contribution in [-0.2, 0) is 4.74 Å². The number of methoxy groups -OCH3 is 1. The fourth-order valence-electron chi connectivity index (χ4n) is 3.24. The van der Waals surface area contributed by atoms with Gasteiger partial charge in [0, 0.05) is 26.3 Å². The van der Waals surface area contributed by atoms with Crippen LogP contribution in [0.15, 0.2) is 0 Å². The van der Waals surface area contributed by atoms with Gasteiger partial charge in [0.25, 0.3) is 0 Å². The van der Waals surface area contributed by atoms with E-state index in [0.29, 0.717) is 0 Å². The predicted octanol–water partition coefficient (Wildman–Crippen LogP) is 1.73. The minimum Gasteiger partial charge on any atom is -0.384 e. The van der Waals surface area contributed by atoms with Gasteiger partial charge in [0.1, 0.15) is 0 Å². The van der Waals surface area contributed by atoms with Gasteiger partial charge in [-0.15, -0.1) is 0 Å². The summed E-state index contributed by atoms with van der Waals surface area (Å²) in [5.74, 6) is 1.71. The summed E-state index contributed by atoms with van der Waals surface area (Å²) in [6.07, 6.45) is 5.34. The maximum atomic E-state index is 5.25. The Morgan fingerprint density at radius 1 is 1.24 bits per heavy atom. The maximum absolute atomic E-state index is 5.25. The van der Waals surface area contributed by atoms with Crippen molar-refractivity contribution in [3.05, 3.63) is 0 Å². The standard InChI is InChI=1S/C14H28N2O/c1-12-3-6-15-14(9-12)10-16-7-4-13(5-8-16)11-17-2/h12-15H,3-11H2,1-2H3. The highest BCUT2D eigenvalue weighted by atomic mass is 16.5. The fourth-order valence-corrected chi connectivity index (χ4v) is 3.24. The van der Waals surface area contributed by atoms with Gasteiger partial charge in [-0.3, -0.25) is 0 Å². The zero-order valence-corrected chi connectivity index (χ0v) is 11.5. The molecule has 17 heavy (non-hydrogen) atoms. The van der Waals surface area contributed by atoms with Crippen LogP contribution in [0.3, 0.4) is 0 Å². The van der Waals surface area contributed by atoms with Crippen LogP contribution in [0.4, 0.5) is 0 Å². The lowest BCUT2D eigenvalue weighted by molar-refractivity contribution is 0.0917. The van der Waals surface area contributed by atoms with E-state index in [9.17, 15) is 0 Å². The first-order chi connectivity index (χ1) is 8.28. The fraction of sp³-hybridized carbons (Fsp3) is 1.00. The second-order valence-corrected chi connectivity index (χ2v) is 5.98. The van der Waals surface area contributed by atoms with Crippen molar-refractivity contribution in [1.29, 1.82) is 0 Å². The zero-order chi connectivity index (χ0) is 12.1. The molecule has 3 nitrogen and oxygen atoms in total. The van der Waals surface area contributed by atoms with E-state index in [0.717, 1.165) is 24.5 Å². The average Bonchev–Trinajstić information content (AvgIpc) is 2.32. The molecule has 0 aromatic heterocycles. The molecule has 0 aromatic rings. The van der Waals surface area contributed by atoms with Crippen molar-refractivity contribution in [1.82, 2.24) is 10.2 Å². The molecule has 0 bridgehead atoms. The molecule has 0 amide bonds. The largest absolute Gasteiger partial charge is 0.384 e. The van der Waals surface area contributed by atoms with Gasteiger partial charge in [0.05, 0.1) is 0 Å². The third-order valence-electron chi connectivity index (χ3n) is 4.35. The first-order valence-corrected chi connectivity index (χ1v) is 7.22. The number of likely N-dealkylation sites (tertiary alicyclic amines) is 1. The highest BCUT2D eigenvalue weighted by molar-refractivity contribution is 4.81. The van der Waals surface area contributed by atoms with Gasteiger partial charge >= 0.3 is 0 Å². The summed E-state index contributed by atoms with van der Waals surface area (Å²) >= 11 is 0. The average molecular weight is 240 g/mol. The van der Waals surface area contributed by atoms with Crippen LogP contribution < -0.4 is 5.32 Å². The molecule has 0 aliphatic carbocycles. The highest BCUT2D eigenvalue weighted by Crippen LogP contribution is 2.20. The summed E-state index contributed by atoms with van der Waals surface area (Å²) < 4.78 is 5.25.